The highest BCUT2D eigenvalue weighted by atomic mass is 32.2. The van der Waals surface area contributed by atoms with E-state index in [9.17, 15) is 13.2 Å². The zero-order valence-electron chi connectivity index (χ0n) is 17.2. The van der Waals surface area contributed by atoms with E-state index in [1.165, 1.54) is 6.26 Å². The molecule has 0 radical (unpaired) electrons. The minimum Gasteiger partial charge on any atom is -0.459 e. The number of rotatable bonds is 4. The van der Waals surface area contributed by atoms with E-state index in [0.717, 1.165) is 23.4 Å². The van der Waals surface area contributed by atoms with Crippen molar-refractivity contribution in [1.82, 2.24) is 9.80 Å². The third-order valence-electron chi connectivity index (χ3n) is 5.56. The van der Waals surface area contributed by atoms with Gasteiger partial charge in [0.25, 0.3) is 15.9 Å². The van der Waals surface area contributed by atoms with Crippen molar-refractivity contribution in [1.29, 1.82) is 0 Å². The number of nitrogens with zero attached hydrogens (tertiary/aromatic N) is 3. The molecule has 2 aliphatic heterocycles. The molecule has 0 atom stereocenters. The zero-order chi connectivity index (χ0) is 22.1. The highest BCUT2D eigenvalue weighted by Gasteiger charge is 2.28. The van der Waals surface area contributed by atoms with E-state index < -0.39 is 10.0 Å². The Balaban J connectivity index is 1.28. The largest absolute Gasteiger partial charge is 0.459 e. The molecule has 1 N–H and O–H groups in total. The van der Waals surface area contributed by atoms with Gasteiger partial charge < -0.3 is 14.6 Å². The number of nitrogens with one attached hydrogen (secondary N) is 1. The third kappa shape index (κ3) is 4.21. The van der Waals surface area contributed by atoms with Crippen LogP contribution >= 0.6 is 11.3 Å². The second kappa shape index (κ2) is 8.53. The van der Waals surface area contributed by atoms with E-state index >= 15 is 0 Å². The van der Waals surface area contributed by atoms with Gasteiger partial charge in [-0.15, -0.1) is 15.7 Å². The molecular formula is C22H22N4O4S2. The lowest BCUT2D eigenvalue weighted by Crippen LogP contribution is -2.39. The SMILES string of the molecule is O=C(c1ccco1)N1CCCN(CC2=NS(=O)(=O)c3cc(-c4cccs4)ccc3N2)CC1. The molecule has 3 aromatic rings. The first-order chi connectivity index (χ1) is 15.5. The van der Waals surface area contributed by atoms with Crippen LogP contribution in [0.4, 0.5) is 5.69 Å². The van der Waals surface area contributed by atoms with E-state index in [2.05, 4.69) is 14.6 Å². The predicted octanol–water partition coefficient (Wildman–Crippen LogP) is 3.37. The lowest BCUT2D eigenvalue weighted by atomic mass is 10.1. The second-order valence-electron chi connectivity index (χ2n) is 7.73. The number of thiophene rings is 1. The summed E-state index contributed by atoms with van der Waals surface area (Å²) in [5, 5.41) is 5.15. The Morgan fingerprint density at radius 1 is 1.12 bits per heavy atom. The van der Waals surface area contributed by atoms with E-state index in [0.29, 0.717) is 43.5 Å². The Kier molecular flexibility index (Phi) is 5.58. The maximum absolute atomic E-state index is 12.9. The Hall–Kier alpha value is -2.95. The highest BCUT2D eigenvalue weighted by molar-refractivity contribution is 7.90. The molecule has 1 fully saturated rings. The number of hydrogen-bond donors (Lipinski definition) is 1. The second-order valence-corrected chi connectivity index (χ2v) is 10.2. The predicted molar refractivity (Wildman–Crippen MR) is 124 cm³/mol. The van der Waals surface area contributed by atoms with E-state index in [1.54, 1.807) is 40.5 Å². The molecule has 0 unspecified atom stereocenters. The molecule has 5 rings (SSSR count). The van der Waals surface area contributed by atoms with Crippen LogP contribution in [0.25, 0.3) is 10.4 Å². The third-order valence-corrected chi connectivity index (χ3v) is 7.83. The van der Waals surface area contributed by atoms with Crippen molar-refractivity contribution in [3.05, 3.63) is 59.9 Å². The number of amides is 1. The summed E-state index contributed by atoms with van der Waals surface area (Å²) >= 11 is 1.56. The lowest BCUT2D eigenvalue weighted by Gasteiger charge is -2.25. The molecule has 2 aromatic heterocycles. The average molecular weight is 471 g/mol. The normalized spacial score (nSPS) is 18.4. The van der Waals surface area contributed by atoms with Gasteiger partial charge in [0.1, 0.15) is 10.7 Å². The number of amidine groups is 1. The van der Waals surface area contributed by atoms with Crippen molar-refractivity contribution in [3.8, 4) is 10.4 Å². The molecular weight excluding hydrogens is 448 g/mol. The molecule has 1 aromatic carbocycles. The summed E-state index contributed by atoms with van der Waals surface area (Å²) in [7, 11) is -3.79. The molecule has 1 saturated heterocycles. The first-order valence-electron chi connectivity index (χ1n) is 10.3. The molecule has 8 nitrogen and oxygen atoms in total. The van der Waals surface area contributed by atoms with Gasteiger partial charge >= 0.3 is 0 Å². The van der Waals surface area contributed by atoms with Crippen molar-refractivity contribution >= 4 is 38.8 Å². The Morgan fingerprint density at radius 2 is 2.03 bits per heavy atom. The van der Waals surface area contributed by atoms with Gasteiger partial charge in [-0.05, 0) is 47.7 Å². The van der Waals surface area contributed by atoms with Gasteiger partial charge in [0.2, 0.25) is 0 Å². The number of hydrogen-bond acceptors (Lipinski definition) is 7. The van der Waals surface area contributed by atoms with Crippen LogP contribution in [-0.4, -0.2) is 62.7 Å². The van der Waals surface area contributed by atoms with Gasteiger partial charge in [0, 0.05) is 31.1 Å². The van der Waals surface area contributed by atoms with Crippen LogP contribution in [-0.2, 0) is 10.0 Å². The summed E-state index contributed by atoms with van der Waals surface area (Å²) in [6.45, 7) is 2.90. The van der Waals surface area contributed by atoms with Crippen LogP contribution in [0.2, 0.25) is 0 Å². The minimum absolute atomic E-state index is 0.122. The molecule has 1 amide bonds. The van der Waals surface area contributed by atoms with Gasteiger partial charge in [-0.3, -0.25) is 9.69 Å². The summed E-state index contributed by atoms with van der Waals surface area (Å²) in [6, 6.07) is 12.6. The Morgan fingerprint density at radius 3 is 2.81 bits per heavy atom. The smallest absolute Gasteiger partial charge is 0.289 e. The number of furan rings is 1. The first-order valence-corrected chi connectivity index (χ1v) is 12.7. The van der Waals surface area contributed by atoms with Crippen molar-refractivity contribution in [2.75, 3.05) is 38.0 Å². The van der Waals surface area contributed by atoms with Crippen molar-refractivity contribution in [2.45, 2.75) is 11.3 Å². The molecule has 0 bridgehead atoms. The molecule has 32 heavy (non-hydrogen) atoms. The molecule has 166 valence electrons. The van der Waals surface area contributed by atoms with Crippen LogP contribution in [0.5, 0.6) is 0 Å². The van der Waals surface area contributed by atoms with Crippen LogP contribution < -0.4 is 5.32 Å². The van der Waals surface area contributed by atoms with Gasteiger partial charge in [0.05, 0.1) is 18.5 Å². The number of anilines is 1. The first kappa shape index (κ1) is 20.9. The number of fused-ring (bicyclic) bond motifs is 1. The lowest BCUT2D eigenvalue weighted by molar-refractivity contribution is 0.0730. The number of carbonyl (C=O) groups is 1. The number of sulfonamides is 1. The van der Waals surface area contributed by atoms with Crippen LogP contribution in [0.15, 0.2) is 67.8 Å². The van der Waals surface area contributed by atoms with Crippen LogP contribution in [0.3, 0.4) is 0 Å². The molecule has 0 saturated carbocycles. The topological polar surface area (TPSA) is 95.2 Å². The maximum Gasteiger partial charge on any atom is 0.289 e. The fourth-order valence-electron chi connectivity index (χ4n) is 3.98. The Bertz CT molecular complexity index is 1250. The summed E-state index contributed by atoms with van der Waals surface area (Å²) in [5.41, 5.74) is 1.40. The van der Waals surface area contributed by atoms with Gasteiger partial charge in [0.15, 0.2) is 5.76 Å². The number of carbonyl (C=O) groups excluding carboxylic acids is 1. The van der Waals surface area contributed by atoms with Gasteiger partial charge in [-0.1, -0.05) is 12.1 Å². The minimum atomic E-state index is -3.79. The average Bonchev–Trinajstić information content (AvgIpc) is 3.45. The van der Waals surface area contributed by atoms with Crippen LogP contribution in [0.1, 0.15) is 17.0 Å². The highest BCUT2D eigenvalue weighted by Crippen LogP contribution is 2.33. The monoisotopic (exact) mass is 470 g/mol. The van der Waals surface area contributed by atoms with Gasteiger partial charge in [-0.25, -0.2) is 0 Å². The molecule has 4 heterocycles. The molecule has 0 aliphatic carbocycles. The van der Waals surface area contributed by atoms with Crippen LogP contribution in [0, 0.1) is 0 Å². The van der Waals surface area contributed by atoms with Gasteiger partial charge in [-0.2, -0.15) is 8.42 Å². The van der Waals surface area contributed by atoms with E-state index in [4.69, 9.17) is 4.42 Å². The fraction of sp³-hybridized carbons (Fsp3) is 0.273. The van der Waals surface area contributed by atoms with Crippen molar-refractivity contribution in [3.63, 3.8) is 0 Å². The summed E-state index contributed by atoms with van der Waals surface area (Å²) < 4.78 is 35.0. The molecule has 2 aliphatic rings. The standard InChI is InChI=1S/C22H22N4O4S2/c27-22(18-4-1-12-30-18)26-9-3-8-25(10-11-26)15-21-23-17-7-6-16(19-5-2-13-31-19)14-20(17)32(28,29)24-21/h1-2,4-7,12-14H,3,8-11,15H2,(H,23,24). The Labute approximate surface area is 190 Å². The van der Waals surface area contributed by atoms with E-state index in [-0.39, 0.29) is 10.8 Å². The summed E-state index contributed by atoms with van der Waals surface area (Å²) in [6.07, 6.45) is 2.28. The van der Waals surface area contributed by atoms with Crippen molar-refractivity contribution in [2.24, 2.45) is 4.40 Å². The zero-order valence-corrected chi connectivity index (χ0v) is 18.9. The molecule has 10 heteroatoms. The molecule has 0 spiro atoms. The van der Waals surface area contributed by atoms with Crippen molar-refractivity contribution < 1.29 is 17.6 Å². The fourth-order valence-corrected chi connectivity index (χ4v) is 5.86. The summed E-state index contributed by atoms with van der Waals surface area (Å²) in [4.78, 5) is 17.6. The maximum atomic E-state index is 12.9. The quantitative estimate of drug-likeness (QED) is 0.628. The number of benzene rings is 1. The van der Waals surface area contributed by atoms with E-state index in [1.807, 2.05) is 23.6 Å². The summed E-state index contributed by atoms with van der Waals surface area (Å²) in [5.74, 6) is 0.608.